The van der Waals surface area contributed by atoms with Gasteiger partial charge in [0.15, 0.2) is 4.77 Å². The fraction of sp³-hybridized carbons (Fsp3) is 0.182. The van der Waals surface area contributed by atoms with Crippen LogP contribution in [0.15, 0.2) is 23.0 Å². The van der Waals surface area contributed by atoms with Crippen LogP contribution in [-0.2, 0) is 0 Å². The number of pyridine rings is 1. The van der Waals surface area contributed by atoms with Crippen LogP contribution in [0.4, 0.5) is 5.82 Å². The summed E-state index contributed by atoms with van der Waals surface area (Å²) < 4.78 is 1.78. The number of anilines is 1. The number of nitrogen functional groups attached to an aromatic ring is 1. The molecule has 0 aliphatic rings. The SMILES string of the molecule is Cc1cc(C)nc(-n2c(N)cc(=O)[nH]c2=S)c1. The zero-order chi connectivity index (χ0) is 12.6. The van der Waals surface area contributed by atoms with E-state index in [1.54, 1.807) is 0 Å². The van der Waals surface area contributed by atoms with Crippen LogP contribution in [-0.4, -0.2) is 14.5 Å². The van der Waals surface area contributed by atoms with Crippen molar-refractivity contribution in [2.24, 2.45) is 0 Å². The van der Waals surface area contributed by atoms with Crippen molar-refractivity contribution < 1.29 is 0 Å². The van der Waals surface area contributed by atoms with E-state index in [4.69, 9.17) is 18.0 Å². The Labute approximate surface area is 103 Å². The Morgan fingerprint density at radius 2 is 2.06 bits per heavy atom. The molecule has 0 spiro atoms. The van der Waals surface area contributed by atoms with Gasteiger partial charge in [0.1, 0.15) is 11.6 Å². The van der Waals surface area contributed by atoms with Crippen molar-refractivity contribution in [2.45, 2.75) is 13.8 Å². The van der Waals surface area contributed by atoms with E-state index in [2.05, 4.69) is 9.97 Å². The third-order valence-corrected chi connectivity index (χ3v) is 2.57. The van der Waals surface area contributed by atoms with Crippen LogP contribution in [0.25, 0.3) is 5.82 Å². The van der Waals surface area contributed by atoms with Gasteiger partial charge in [-0.3, -0.25) is 14.3 Å². The summed E-state index contributed by atoms with van der Waals surface area (Å²) in [5.74, 6) is 0.887. The first-order chi connectivity index (χ1) is 7.97. The van der Waals surface area contributed by atoms with Gasteiger partial charge in [0.05, 0.1) is 0 Å². The molecule has 17 heavy (non-hydrogen) atoms. The van der Waals surface area contributed by atoms with Crippen LogP contribution in [0.3, 0.4) is 0 Å². The molecule has 2 rings (SSSR count). The highest BCUT2D eigenvalue weighted by Crippen LogP contribution is 2.12. The van der Waals surface area contributed by atoms with E-state index >= 15 is 0 Å². The first kappa shape index (κ1) is 11.5. The minimum Gasteiger partial charge on any atom is -0.385 e. The lowest BCUT2D eigenvalue weighted by Gasteiger charge is -2.10. The Bertz CT molecular complexity index is 666. The van der Waals surface area contributed by atoms with E-state index in [-0.39, 0.29) is 16.1 Å². The van der Waals surface area contributed by atoms with Gasteiger partial charge in [0.25, 0.3) is 5.56 Å². The largest absolute Gasteiger partial charge is 0.385 e. The van der Waals surface area contributed by atoms with E-state index in [1.165, 1.54) is 10.6 Å². The van der Waals surface area contributed by atoms with Gasteiger partial charge in [-0.15, -0.1) is 0 Å². The number of aryl methyl sites for hydroxylation is 2. The molecule has 2 aromatic heterocycles. The van der Waals surface area contributed by atoms with Crippen molar-refractivity contribution in [1.82, 2.24) is 14.5 Å². The number of hydrogen-bond acceptors (Lipinski definition) is 4. The van der Waals surface area contributed by atoms with Gasteiger partial charge in [-0.05, 0) is 43.8 Å². The maximum atomic E-state index is 11.2. The maximum absolute atomic E-state index is 11.2. The Balaban J connectivity index is 2.77. The Kier molecular flexibility index (Phi) is 2.81. The van der Waals surface area contributed by atoms with Crippen LogP contribution in [0.2, 0.25) is 0 Å². The third kappa shape index (κ3) is 2.26. The van der Waals surface area contributed by atoms with E-state index in [1.807, 2.05) is 26.0 Å². The van der Waals surface area contributed by atoms with Crippen LogP contribution in [0, 0.1) is 18.6 Å². The van der Waals surface area contributed by atoms with Gasteiger partial charge in [-0.2, -0.15) is 0 Å². The number of aromatic nitrogens is 3. The predicted octanol–water partition coefficient (Wildman–Crippen LogP) is 1.49. The third-order valence-electron chi connectivity index (χ3n) is 2.28. The summed E-state index contributed by atoms with van der Waals surface area (Å²) in [5, 5.41) is 0. The summed E-state index contributed by atoms with van der Waals surface area (Å²) in [6, 6.07) is 5.10. The Hall–Kier alpha value is -1.95. The average Bonchev–Trinajstić information content (AvgIpc) is 2.13. The maximum Gasteiger partial charge on any atom is 0.253 e. The molecule has 2 heterocycles. The molecule has 6 heteroatoms. The molecule has 0 radical (unpaired) electrons. The molecule has 0 aliphatic heterocycles. The van der Waals surface area contributed by atoms with Gasteiger partial charge < -0.3 is 5.73 Å². The standard InChI is InChI=1S/C11H12N4OS/c1-6-3-7(2)13-9(4-6)15-8(12)5-10(16)14-11(15)17/h3-5H,12H2,1-2H3,(H,14,16,17). The smallest absolute Gasteiger partial charge is 0.253 e. The van der Waals surface area contributed by atoms with Gasteiger partial charge in [-0.25, -0.2) is 4.98 Å². The average molecular weight is 248 g/mol. The molecule has 0 bridgehead atoms. The van der Waals surface area contributed by atoms with Crippen molar-refractivity contribution in [3.63, 3.8) is 0 Å². The van der Waals surface area contributed by atoms with Crippen LogP contribution >= 0.6 is 12.2 Å². The van der Waals surface area contributed by atoms with Gasteiger partial charge in [-0.1, -0.05) is 0 Å². The van der Waals surface area contributed by atoms with E-state index in [0.29, 0.717) is 5.82 Å². The lowest BCUT2D eigenvalue weighted by atomic mass is 10.2. The van der Waals surface area contributed by atoms with Crippen LogP contribution in [0.1, 0.15) is 11.3 Å². The quantitative estimate of drug-likeness (QED) is 0.750. The number of nitrogens with two attached hydrogens (primary N) is 1. The molecule has 0 fully saturated rings. The topological polar surface area (TPSA) is 76.7 Å². The fourth-order valence-corrected chi connectivity index (χ4v) is 1.98. The molecule has 0 amide bonds. The first-order valence-electron chi connectivity index (χ1n) is 5.05. The normalized spacial score (nSPS) is 10.5. The van der Waals surface area contributed by atoms with Gasteiger partial charge >= 0.3 is 0 Å². The molecule has 0 aliphatic carbocycles. The monoisotopic (exact) mass is 248 g/mol. The Morgan fingerprint density at radius 3 is 2.65 bits per heavy atom. The highest BCUT2D eigenvalue weighted by Gasteiger charge is 2.05. The summed E-state index contributed by atoms with van der Waals surface area (Å²) in [6.45, 7) is 3.85. The molecule has 5 nitrogen and oxygen atoms in total. The molecule has 0 atom stereocenters. The molecule has 0 saturated heterocycles. The van der Waals surface area contributed by atoms with Crippen LogP contribution in [0.5, 0.6) is 0 Å². The second kappa shape index (κ2) is 4.14. The zero-order valence-corrected chi connectivity index (χ0v) is 10.3. The second-order valence-corrected chi connectivity index (χ2v) is 4.23. The van der Waals surface area contributed by atoms with Crippen LogP contribution < -0.4 is 11.3 Å². The molecular formula is C11H12N4OS. The predicted molar refractivity (Wildman–Crippen MR) is 68.9 cm³/mol. The highest BCUT2D eigenvalue weighted by atomic mass is 32.1. The van der Waals surface area contributed by atoms with Crippen molar-refractivity contribution in [2.75, 3.05) is 5.73 Å². The first-order valence-corrected chi connectivity index (χ1v) is 5.46. The number of nitrogens with one attached hydrogen (secondary N) is 1. The zero-order valence-electron chi connectivity index (χ0n) is 9.52. The summed E-state index contributed by atoms with van der Waals surface area (Å²) in [4.78, 5) is 18.1. The number of aromatic amines is 1. The number of rotatable bonds is 1. The summed E-state index contributed by atoms with van der Waals surface area (Å²) in [6.07, 6.45) is 0. The minimum absolute atomic E-state index is 0.243. The molecule has 2 aromatic rings. The van der Waals surface area contributed by atoms with E-state index in [9.17, 15) is 4.79 Å². The minimum atomic E-state index is -0.312. The number of H-pyrrole nitrogens is 1. The molecular weight excluding hydrogens is 236 g/mol. The van der Waals surface area contributed by atoms with Crippen molar-refractivity contribution in [1.29, 1.82) is 0 Å². The summed E-state index contributed by atoms with van der Waals surface area (Å²) >= 11 is 5.08. The van der Waals surface area contributed by atoms with Crippen molar-refractivity contribution >= 4 is 18.0 Å². The molecule has 3 N–H and O–H groups in total. The van der Waals surface area contributed by atoms with E-state index in [0.717, 1.165) is 11.3 Å². The summed E-state index contributed by atoms with van der Waals surface area (Å²) in [5.41, 5.74) is 7.40. The van der Waals surface area contributed by atoms with Gasteiger partial charge in [0.2, 0.25) is 0 Å². The molecule has 88 valence electrons. The second-order valence-electron chi connectivity index (χ2n) is 3.84. The fourth-order valence-electron chi connectivity index (χ4n) is 1.68. The lowest BCUT2D eigenvalue weighted by molar-refractivity contribution is 0.904. The number of nitrogens with zero attached hydrogens (tertiary/aromatic N) is 2. The van der Waals surface area contributed by atoms with Crippen molar-refractivity contribution in [3.8, 4) is 5.82 Å². The molecule has 0 saturated carbocycles. The lowest BCUT2D eigenvalue weighted by Crippen LogP contribution is -2.16. The van der Waals surface area contributed by atoms with E-state index < -0.39 is 0 Å². The van der Waals surface area contributed by atoms with Gasteiger partial charge in [0, 0.05) is 11.8 Å². The summed E-state index contributed by atoms with van der Waals surface area (Å²) in [7, 11) is 0. The molecule has 0 aromatic carbocycles. The Morgan fingerprint density at radius 1 is 1.35 bits per heavy atom. The highest BCUT2D eigenvalue weighted by molar-refractivity contribution is 7.71. The number of hydrogen-bond donors (Lipinski definition) is 2. The van der Waals surface area contributed by atoms with Crippen molar-refractivity contribution in [3.05, 3.63) is 44.6 Å². The molecule has 0 unspecified atom stereocenters.